The molecule has 0 saturated heterocycles. The Morgan fingerprint density at radius 2 is 2.12 bits per heavy atom. The first kappa shape index (κ1) is 12.5. The summed E-state index contributed by atoms with van der Waals surface area (Å²) in [5, 5.41) is 13.1. The summed E-state index contributed by atoms with van der Waals surface area (Å²) in [4.78, 5) is 0. The molecule has 2 unspecified atom stereocenters. The predicted molar refractivity (Wildman–Crippen MR) is 66.2 cm³/mol. The van der Waals surface area contributed by atoms with Crippen LogP contribution in [0.2, 0.25) is 0 Å². The van der Waals surface area contributed by atoms with Gasteiger partial charge in [0.2, 0.25) is 0 Å². The molecule has 1 fully saturated rings. The third-order valence-electron chi connectivity index (χ3n) is 3.43. The van der Waals surface area contributed by atoms with Gasteiger partial charge >= 0.3 is 0 Å². The number of rotatable bonds is 6. The van der Waals surface area contributed by atoms with E-state index in [1.165, 1.54) is 6.07 Å². The zero-order valence-electron chi connectivity index (χ0n) is 10.2. The fraction of sp³-hybridized carbons (Fsp3) is 0.571. The molecule has 2 N–H and O–H groups in total. The number of halogens is 1. The molecule has 3 heteroatoms. The van der Waals surface area contributed by atoms with Crippen LogP contribution >= 0.6 is 0 Å². The van der Waals surface area contributed by atoms with Crippen LogP contribution in [0.3, 0.4) is 0 Å². The van der Waals surface area contributed by atoms with E-state index in [4.69, 9.17) is 0 Å². The van der Waals surface area contributed by atoms with Crippen molar-refractivity contribution in [3.05, 3.63) is 35.6 Å². The van der Waals surface area contributed by atoms with E-state index in [9.17, 15) is 9.50 Å². The van der Waals surface area contributed by atoms with Crippen molar-refractivity contribution < 1.29 is 9.50 Å². The van der Waals surface area contributed by atoms with E-state index >= 15 is 0 Å². The minimum atomic E-state index is -0.282. The van der Waals surface area contributed by atoms with Crippen molar-refractivity contribution in [3.63, 3.8) is 0 Å². The number of hydrogen-bond acceptors (Lipinski definition) is 2. The molecule has 1 aromatic carbocycles. The monoisotopic (exact) mass is 237 g/mol. The van der Waals surface area contributed by atoms with E-state index in [1.807, 2.05) is 13.0 Å². The lowest BCUT2D eigenvalue weighted by molar-refractivity contribution is 0.144. The highest BCUT2D eigenvalue weighted by Crippen LogP contribution is 2.32. The average molecular weight is 237 g/mol. The highest BCUT2D eigenvalue weighted by Gasteiger charge is 2.29. The molecule has 0 heterocycles. The fourth-order valence-electron chi connectivity index (χ4n) is 2.14. The predicted octanol–water partition coefficient (Wildman–Crippen LogP) is 2.64. The van der Waals surface area contributed by atoms with Crippen LogP contribution in [0.1, 0.15) is 37.8 Å². The molecule has 0 aromatic heterocycles. The lowest BCUT2D eigenvalue weighted by Crippen LogP contribution is -2.31. The largest absolute Gasteiger partial charge is 0.392 e. The van der Waals surface area contributed by atoms with Crippen LogP contribution in [0, 0.1) is 11.7 Å². The smallest absolute Gasteiger partial charge is 0.127 e. The number of hydrogen-bond donors (Lipinski definition) is 2. The summed E-state index contributed by atoms with van der Waals surface area (Å²) in [7, 11) is 0. The molecular weight excluding hydrogens is 217 g/mol. The molecule has 1 aliphatic rings. The standard InChI is InChI=1S/C14H20FNO/c1-2-13(11-5-3-4-6-12(11)15)16-9-14(17)10-7-8-10/h3-6,10,13-14,16-17H,2,7-9H2,1H3. The Kier molecular flexibility index (Phi) is 4.13. The van der Waals surface area contributed by atoms with Crippen molar-refractivity contribution >= 4 is 0 Å². The van der Waals surface area contributed by atoms with Crippen LogP contribution in [-0.4, -0.2) is 17.8 Å². The Bertz CT molecular complexity index is 365. The van der Waals surface area contributed by atoms with Crippen molar-refractivity contribution in [2.45, 2.75) is 38.3 Å². The average Bonchev–Trinajstić information content (AvgIpc) is 3.15. The SMILES string of the molecule is CCC(NCC(O)C1CC1)c1ccccc1F. The van der Waals surface area contributed by atoms with Crippen LogP contribution in [0.25, 0.3) is 0 Å². The summed E-state index contributed by atoms with van der Waals surface area (Å²) >= 11 is 0. The molecule has 2 atom stereocenters. The van der Waals surface area contributed by atoms with Gasteiger partial charge in [-0.15, -0.1) is 0 Å². The molecule has 2 rings (SSSR count). The lowest BCUT2D eigenvalue weighted by atomic mass is 10.0. The first-order valence-electron chi connectivity index (χ1n) is 6.38. The summed E-state index contributed by atoms with van der Waals surface area (Å²) in [6, 6.07) is 6.83. The number of nitrogens with one attached hydrogen (secondary N) is 1. The summed E-state index contributed by atoms with van der Waals surface area (Å²) < 4.78 is 13.6. The summed E-state index contributed by atoms with van der Waals surface area (Å²) in [6.07, 6.45) is 2.78. The quantitative estimate of drug-likeness (QED) is 0.797. The third-order valence-corrected chi connectivity index (χ3v) is 3.43. The second kappa shape index (κ2) is 5.61. The molecule has 1 aliphatic carbocycles. The van der Waals surface area contributed by atoms with Crippen molar-refractivity contribution in [1.29, 1.82) is 0 Å². The number of aliphatic hydroxyl groups is 1. The van der Waals surface area contributed by atoms with Gasteiger partial charge in [0.05, 0.1) is 6.10 Å². The van der Waals surface area contributed by atoms with Crippen LogP contribution in [0.4, 0.5) is 4.39 Å². The van der Waals surface area contributed by atoms with Gasteiger partial charge in [-0.3, -0.25) is 0 Å². The van der Waals surface area contributed by atoms with E-state index in [-0.39, 0.29) is 18.0 Å². The van der Waals surface area contributed by atoms with Crippen molar-refractivity contribution in [3.8, 4) is 0 Å². The van der Waals surface area contributed by atoms with Crippen LogP contribution in [0.5, 0.6) is 0 Å². The molecule has 0 bridgehead atoms. The minimum absolute atomic E-state index is 0.00963. The van der Waals surface area contributed by atoms with Gasteiger partial charge in [0.1, 0.15) is 5.82 Å². The molecule has 0 amide bonds. The van der Waals surface area contributed by atoms with Gasteiger partial charge in [0.15, 0.2) is 0 Å². The Labute approximate surface area is 102 Å². The molecular formula is C14H20FNO. The third kappa shape index (κ3) is 3.27. The molecule has 2 nitrogen and oxygen atoms in total. The van der Waals surface area contributed by atoms with E-state index in [0.29, 0.717) is 18.0 Å². The van der Waals surface area contributed by atoms with Gasteiger partial charge < -0.3 is 10.4 Å². The second-order valence-electron chi connectivity index (χ2n) is 4.80. The van der Waals surface area contributed by atoms with Crippen molar-refractivity contribution in [2.24, 2.45) is 5.92 Å². The summed E-state index contributed by atoms with van der Waals surface area (Å²) in [6.45, 7) is 2.57. The first-order valence-corrected chi connectivity index (χ1v) is 6.38. The molecule has 17 heavy (non-hydrogen) atoms. The van der Waals surface area contributed by atoms with Gasteiger partial charge in [0, 0.05) is 18.2 Å². The van der Waals surface area contributed by atoms with Crippen LogP contribution in [0.15, 0.2) is 24.3 Å². The molecule has 94 valence electrons. The number of aliphatic hydroxyl groups excluding tert-OH is 1. The Morgan fingerprint density at radius 1 is 1.41 bits per heavy atom. The van der Waals surface area contributed by atoms with Crippen molar-refractivity contribution in [2.75, 3.05) is 6.54 Å². The molecule has 1 aromatic rings. The Morgan fingerprint density at radius 3 is 2.71 bits per heavy atom. The highest BCUT2D eigenvalue weighted by atomic mass is 19.1. The highest BCUT2D eigenvalue weighted by molar-refractivity contribution is 5.21. The van der Waals surface area contributed by atoms with Gasteiger partial charge in [-0.2, -0.15) is 0 Å². The Hall–Kier alpha value is -0.930. The van der Waals surface area contributed by atoms with Gasteiger partial charge in [-0.05, 0) is 31.2 Å². The topological polar surface area (TPSA) is 32.3 Å². The van der Waals surface area contributed by atoms with E-state index < -0.39 is 0 Å². The molecule has 1 saturated carbocycles. The van der Waals surface area contributed by atoms with Gasteiger partial charge in [-0.1, -0.05) is 25.1 Å². The summed E-state index contributed by atoms with van der Waals surface area (Å²) in [5.41, 5.74) is 0.693. The van der Waals surface area contributed by atoms with Crippen molar-refractivity contribution in [1.82, 2.24) is 5.32 Å². The molecule has 0 aliphatic heterocycles. The lowest BCUT2D eigenvalue weighted by Gasteiger charge is -2.20. The summed E-state index contributed by atoms with van der Waals surface area (Å²) in [5.74, 6) is 0.286. The van der Waals surface area contributed by atoms with E-state index in [0.717, 1.165) is 19.3 Å². The van der Waals surface area contributed by atoms with Crippen LogP contribution in [-0.2, 0) is 0 Å². The van der Waals surface area contributed by atoms with E-state index in [2.05, 4.69) is 5.32 Å². The van der Waals surface area contributed by atoms with Gasteiger partial charge in [0.25, 0.3) is 0 Å². The Balaban J connectivity index is 1.93. The zero-order valence-corrected chi connectivity index (χ0v) is 10.2. The maximum Gasteiger partial charge on any atom is 0.127 e. The van der Waals surface area contributed by atoms with Crippen LogP contribution < -0.4 is 5.32 Å². The first-order chi connectivity index (χ1) is 8.22. The maximum absolute atomic E-state index is 13.6. The van der Waals surface area contributed by atoms with Gasteiger partial charge in [-0.25, -0.2) is 4.39 Å². The van der Waals surface area contributed by atoms with E-state index in [1.54, 1.807) is 12.1 Å². The second-order valence-corrected chi connectivity index (χ2v) is 4.80. The fourth-order valence-corrected chi connectivity index (χ4v) is 2.14. The zero-order chi connectivity index (χ0) is 12.3. The number of benzene rings is 1. The molecule has 0 radical (unpaired) electrons. The molecule has 0 spiro atoms. The maximum atomic E-state index is 13.6. The minimum Gasteiger partial charge on any atom is -0.392 e. The normalized spacial score (nSPS) is 19.0.